The molecule has 1 aromatic rings. The average molecular weight is 318 g/mol. The summed E-state index contributed by atoms with van der Waals surface area (Å²) in [6.07, 6.45) is 2.95. The zero-order valence-corrected chi connectivity index (χ0v) is 14.0. The fourth-order valence-electron chi connectivity index (χ4n) is 4.17. The second kappa shape index (κ2) is 6.49. The molecule has 2 fully saturated rings. The van der Waals surface area contributed by atoms with E-state index in [1.165, 1.54) is 5.56 Å². The lowest BCUT2D eigenvalue weighted by Crippen LogP contribution is -2.40. The quantitative estimate of drug-likeness (QED) is 0.921. The van der Waals surface area contributed by atoms with E-state index in [1.807, 2.05) is 30.1 Å². The number of carboxylic acid groups (broad SMARTS) is 1. The normalized spacial score (nSPS) is 24.9. The first-order valence-electron chi connectivity index (χ1n) is 8.30. The molecule has 0 bridgehead atoms. The third-order valence-corrected chi connectivity index (χ3v) is 5.53. The standard InChI is InChI=1S/C18H26N2O3/c1-19-13-18(11-15(19)17(21)22)7-9-20(10-8-18)12-14-5-3-4-6-16(14)23-2/h3-6,15H,7-13H2,1-2H3,(H,21,22)/t15-/m1/s1. The highest BCUT2D eigenvalue weighted by Gasteiger charge is 2.46. The maximum absolute atomic E-state index is 11.3. The first kappa shape index (κ1) is 16.3. The van der Waals surface area contributed by atoms with Gasteiger partial charge in [0.15, 0.2) is 0 Å². The van der Waals surface area contributed by atoms with Gasteiger partial charge in [-0.2, -0.15) is 0 Å². The Morgan fingerprint density at radius 1 is 1.35 bits per heavy atom. The number of hydrogen-bond acceptors (Lipinski definition) is 4. The summed E-state index contributed by atoms with van der Waals surface area (Å²) in [5, 5.41) is 9.34. The first-order valence-corrected chi connectivity index (χ1v) is 8.30. The molecule has 0 aliphatic carbocycles. The number of likely N-dealkylation sites (N-methyl/N-ethyl adjacent to an activating group) is 1. The van der Waals surface area contributed by atoms with Gasteiger partial charge in [0.25, 0.3) is 0 Å². The number of nitrogens with zero attached hydrogens (tertiary/aromatic N) is 2. The molecule has 1 spiro atoms. The molecule has 5 nitrogen and oxygen atoms in total. The predicted octanol–water partition coefficient (Wildman–Crippen LogP) is 2.07. The third kappa shape index (κ3) is 3.35. The summed E-state index contributed by atoms with van der Waals surface area (Å²) in [6.45, 7) is 3.86. The lowest BCUT2D eigenvalue weighted by atomic mass is 9.76. The Bertz CT molecular complexity index is 567. The van der Waals surface area contributed by atoms with Crippen LogP contribution in [-0.4, -0.2) is 60.7 Å². The fraction of sp³-hybridized carbons (Fsp3) is 0.611. The SMILES string of the molecule is COc1ccccc1CN1CCC2(CC1)C[C@H](C(=O)O)N(C)C2. The van der Waals surface area contributed by atoms with Gasteiger partial charge in [-0.05, 0) is 50.9 Å². The van der Waals surface area contributed by atoms with Gasteiger partial charge >= 0.3 is 5.97 Å². The number of piperidine rings is 1. The van der Waals surface area contributed by atoms with Crippen LogP contribution in [0.3, 0.4) is 0 Å². The lowest BCUT2D eigenvalue weighted by molar-refractivity contribution is -0.141. The zero-order chi connectivity index (χ0) is 16.4. The molecule has 126 valence electrons. The molecule has 0 amide bonds. The molecule has 5 heteroatoms. The van der Waals surface area contributed by atoms with Crippen molar-refractivity contribution in [1.82, 2.24) is 9.80 Å². The molecular weight excluding hydrogens is 292 g/mol. The second-order valence-corrected chi connectivity index (χ2v) is 7.06. The van der Waals surface area contributed by atoms with Crippen molar-refractivity contribution in [1.29, 1.82) is 0 Å². The summed E-state index contributed by atoms with van der Waals surface area (Å²) in [4.78, 5) is 15.8. The van der Waals surface area contributed by atoms with Crippen LogP contribution in [0, 0.1) is 5.41 Å². The zero-order valence-electron chi connectivity index (χ0n) is 14.0. The number of ether oxygens (including phenoxy) is 1. The Kier molecular flexibility index (Phi) is 4.60. The van der Waals surface area contributed by atoms with E-state index >= 15 is 0 Å². The summed E-state index contributed by atoms with van der Waals surface area (Å²) in [5.41, 5.74) is 1.41. The smallest absolute Gasteiger partial charge is 0.320 e. The molecule has 3 rings (SSSR count). The van der Waals surface area contributed by atoms with Crippen molar-refractivity contribution >= 4 is 5.97 Å². The van der Waals surface area contributed by atoms with Gasteiger partial charge in [0.2, 0.25) is 0 Å². The monoisotopic (exact) mass is 318 g/mol. The highest BCUT2D eigenvalue weighted by Crippen LogP contribution is 2.43. The number of methoxy groups -OCH3 is 1. The molecule has 2 heterocycles. The first-order chi connectivity index (χ1) is 11.0. The number of carbonyl (C=O) groups is 1. The minimum Gasteiger partial charge on any atom is -0.496 e. The van der Waals surface area contributed by atoms with Crippen LogP contribution in [0.5, 0.6) is 5.75 Å². The van der Waals surface area contributed by atoms with Crippen LogP contribution in [0.4, 0.5) is 0 Å². The fourth-order valence-corrected chi connectivity index (χ4v) is 4.17. The highest BCUT2D eigenvalue weighted by molar-refractivity contribution is 5.74. The van der Waals surface area contributed by atoms with Gasteiger partial charge in [0.1, 0.15) is 11.8 Å². The van der Waals surface area contributed by atoms with Gasteiger partial charge in [-0.25, -0.2) is 0 Å². The van der Waals surface area contributed by atoms with Crippen LogP contribution in [0.25, 0.3) is 0 Å². The Hall–Kier alpha value is -1.59. The Labute approximate surface area is 137 Å². The largest absolute Gasteiger partial charge is 0.496 e. The van der Waals surface area contributed by atoms with E-state index in [0.717, 1.165) is 51.2 Å². The Morgan fingerprint density at radius 3 is 2.65 bits per heavy atom. The molecule has 2 aliphatic rings. The van der Waals surface area contributed by atoms with Crippen LogP contribution in [0.1, 0.15) is 24.8 Å². The van der Waals surface area contributed by atoms with Crippen molar-refractivity contribution < 1.29 is 14.6 Å². The third-order valence-electron chi connectivity index (χ3n) is 5.53. The molecule has 1 N–H and O–H groups in total. The van der Waals surface area contributed by atoms with E-state index < -0.39 is 5.97 Å². The number of likely N-dealkylation sites (tertiary alicyclic amines) is 2. The van der Waals surface area contributed by atoms with Gasteiger partial charge < -0.3 is 9.84 Å². The summed E-state index contributed by atoms with van der Waals surface area (Å²) >= 11 is 0. The van der Waals surface area contributed by atoms with Crippen molar-refractivity contribution in [2.24, 2.45) is 5.41 Å². The van der Waals surface area contributed by atoms with Gasteiger partial charge in [-0.3, -0.25) is 14.6 Å². The van der Waals surface area contributed by atoms with Crippen molar-refractivity contribution in [2.75, 3.05) is 33.8 Å². The van der Waals surface area contributed by atoms with Gasteiger partial charge in [0.05, 0.1) is 7.11 Å². The number of hydrogen-bond donors (Lipinski definition) is 1. The van der Waals surface area contributed by atoms with Crippen molar-refractivity contribution in [3.8, 4) is 5.75 Å². The summed E-state index contributed by atoms with van der Waals surface area (Å²) in [7, 11) is 3.65. The van der Waals surface area contributed by atoms with Crippen molar-refractivity contribution in [3.63, 3.8) is 0 Å². The molecule has 0 saturated carbocycles. The molecule has 23 heavy (non-hydrogen) atoms. The molecule has 0 aromatic heterocycles. The summed E-state index contributed by atoms with van der Waals surface area (Å²) in [6, 6.07) is 7.85. The Balaban J connectivity index is 1.60. The predicted molar refractivity (Wildman–Crippen MR) is 88.6 cm³/mol. The van der Waals surface area contributed by atoms with Crippen LogP contribution >= 0.6 is 0 Å². The lowest BCUT2D eigenvalue weighted by Gasteiger charge is -2.39. The molecular formula is C18H26N2O3. The number of rotatable bonds is 4. The summed E-state index contributed by atoms with van der Waals surface area (Å²) in [5.74, 6) is 0.264. The van der Waals surface area contributed by atoms with E-state index in [1.54, 1.807) is 7.11 Å². The second-order valence-electron chi connectivity index (χ2n) is 7.06. The van der Waals surface area contributed by atoms with Gasteiger partial charge in [0, 0.05) is 18.7 Å². The molecule has 0 radical (unpaired) electrons. The Morgan fingerprint density at radius 2 is 2.04 bits per heavy atom. The molecule has 1 aromatic carbocycles. The summed E-state index contributed by atoms with van der Waals surface area (Å²) < 4.78 is 5.44. The van der Waals surface area contributed by atoms with Crippen LogP contribution in [-0.2, 0) is 11.3 Å². The van der Waals surface area contributed by atoms with Crippen LogP contribution in [0.2, 0.25) is 0 Å². The number of carboxylic acids is 1. The van der Waals surface area contributed by atoms with E-state index in [9.17, 15) is 9.90 Å². The van der Waals surface area contributed by atoms with E-state index in [0.29, 0.717) is 0 Å². The van der Waals surface area contributed by atoms with Crippen molar-refractivity contribution in [3.05, 3.63) is 29.8 Å². The minimum atomic E-state index is -0.680. The van der Waals surface area contributed by atoms with Gasteiger partial charge in [-0.1, -0.05) is 18.2 Å². The van der Waals surface area contributed by atoms with Crippen LogP contribution in [0.15, 0.2) is 24.3 Å². The number of benzene rings is 1. The van der Waals surface area contributed by atoms with Crippen molar-refractivity contribution in [2.45, 2.75) is 31.8 Å². The molecule has 1 atom stereocenters. The van der Waals surface area contributed by atoms with Gasteiger partial charge in [-0.15, -0.1) is 0 Å². The number of para-hydroxylation sites is 1. The topological polar surface area (TPSA) is 53.0 Å². The molecule has 0 unspecified atom stereocenters. The maximum Gasteiger partial charge on any atom is 0.320 e. The molecule has 2 aliphatic heterocycles. The molecule has 2 saturated heterocycles. The number of aliphatic carboxylic acids is 1. The van der Waals surface area contributed by atoms with E-state index in [4.69, 9.17) is 4.74 Å². The average Bonchev–Trinajstić information content (AvgIpc) is 2.87. The minimum absolute atomic E-state index is 0.190. The van der Waals surface area contributed by atoms with E-state index in [2.05, 4.69) is 11.0 Å². The van der Waals surface area contributed by atoms with Crippen LogP contribution < -0.4 is 4.74 Å². The van der Waals surface area contributed by atoms with E-state index in [-0.39, 0.29) is 11.5 Å². The highest BCUT2D eigenvalue weighted by atomic mass is 16.5. The maximum atomic E-state index is 11.3.